The molecule has 0 saturated heterocycles. The van der Waals surface area contributed by atoms with Crippen molar-refractivity contribution in [3.05, 3.63) is 114 Å². The van der Waals surface area contributed by atoms with Crippen molar-refractivity contribution in [2.24, 2.45) is 11.7 Å². The van der Waals surface area contributed by atoms with Crippen LogP contribution in [0.15, 0.2) is 97.2 Å². The van der Waals surface area contributed by atoms with Gasteiger partial charge in [-0.15, -0.1) is 0 Å². The van der Waals surface area contributed by atoms with E-state index in [0.717, 1.165) is 29.9 Å². The first-order chi connectivity index (χ1) is 17.6. The van der Waals surface area contributed by atoms with Crippen molar-refractivity contribution in [2.45, 2.75) is 39.3 Å². The fourth-order valence-corrected chi connectivity index (χ4v) is 4.62. The van der Waals surface area contributed by atoms with E-state index in [1.165, 1.54) is 5.56 Å². The van der Waals surface area contributed by atoms with E-state index in [4.69, 9.17) is 10.7 Å². The predicted octanol–water partition coefficient (Wildman–Crippen LogP) is 6.18. The molecule has 1 amide bonds. The highest BCUT2D eigenvalue weighted by Crippen LogP contribution is 2.34. The SMILES string of the molecule is CC[C@@H](C)[C@H](c1nc(-c2ccccc2)cn1Cc1ccccc1)N(CCCN)C(=O)c1ccccc1. The molecule has 186 valence electrons. The summed E-state index contributed by atoms with van der Waals surface area (Å²) >= 11 is 0. The second-order valence-corrected chi connectivity index (χ2v) is 9.30. The average molecular weight is 481 g/mol. The molecule has 36 heavy (non-hydrogen) atoms. The minimum absolute atomic E-state index is 0.0184. The lowest BCUT2D eigenvalue weighted by Crippen LogP contribution is -2.40. The van der Waals surface area contributed by atoms with Gasteiger partial charge in [0.2, 0.25) is 0 Å². The zero-order chi connectivity index (χ0) is 25.3. The van der Waals surface area contributed by atoms with E-state index in [9.17, 15) is 4.79 Å². The van der Waals surface area contributed by atoms with Crippen LogP contribution in [0.5, 0.6) is 0 Å². The van der Waals surface area contributed by atoms with Gasteiger partial charge in [-0.25, -0.2) is 4.98 Å². The molecule has 0 spiro atoms. The van der Waals surface area contributed by atoms with Gasteiger partial charge in [0.15, 0.2) is 0 Å². The summed E-state index contributed by atoms with van der Waals surface area (Å²) in [5, 5.41) is 0. The Morgan fingerprint density at radius 2 is 1.56 bits per heavy atom. The van der Waals surface area contributed by atoms with Crippen molar-refractivity contribution < 1.29 is 4.79 Å². The number of carbonyl (C=O) groups is 1. The van der Waals surface area contributed by atoms with Crippen molar-refractivity contribution >= 4 is 5.91 Å². The van der Waals surface area contributed by atoms with Crippen molar-refractivity contribution in [3.8, 4) is 11.3 Å². The van der Waals surface area contributed by atoms with Crippen LogP contribution in [-0.2, 0) is 6.54 Å². The summed E-state index contributed by atoms with van der Waals surface area (Å²) in [6.07, 6.45) is 3.78. The van der Waals surface area contributed by atoms with Crippen LogP contribution >= 0.6 is 0 Å². The number of carbonyl (C=O) groups excluding carboxylic acids is 1. The molecule has 3 aromatic carbocycles. The molecule has 4 aromatic rings. The van der Waals surface area contributed by atoms with E-state index in [0.29, 0.717) is 25.2 Å². The molecule has 0 unspecified atom stereocenters. The highest BCUT2D eigenvalue weighted by atomic mass is 16.2. The van der Waals surface area contributed by atoms with Crippen LogP contribution in [0, 0.1) is 5.92 Å². The molecule has 0 aliphatic carbocycles. The molecule has 0 saturated carbocycles. The quantitative estimate of drug-likeness (QED) is 0.279. The maximum atomic E-state index is 13.9. The van der Waals surface area contributed by atoms with Gasteiger partial charge in [0.1, 0.15) is 5.82 Å². The molecular weight excluding hydrogens is 444 g/mol. The summed E-state index contributed by atoms with van der Waals surface area (Å²) in [7, 11) is 0. The monoisotopic (exact) mass is 480 g/mol. The highest BCUT2D eigenvalue weighted by molar-refractivity contribution is 5.94. The summed E-state index contributed by atoms with van der Waals surface area (Å²) in [4.78, 5) is 21.1. The van der Waals surface area contributed by atoms with Crippen LogP contribution < -0.4 is 5.73 Å². The molecule has 4 rings (SSSR count). The van der Waals surface area contributed by atoms with E-state index in [2.05, 4.69) is 61.0 Å². The van der Waals surface area contributed by atoms with Crippen LogP contribution in [0.1, 0.15) is 54.5 Å². The Labute approximate surface area is 214 Å². The van der Waals surface area contributed by atoms with Gasteiger partial charge in [-0.1, -0.05) is 99.1 Å². The van der Waals surface area contributed by atoms with E-state index < -0.39 is 0 Å². The standard InChI is InChI=1S/C31H36N4O/c1-3-24(2)29(35(21-13-20-32)31(36)27-18-11-6-12-19-27)30-33-28(26-16-9-5-10-17-26)23-34(30)22-25-14-7-4-8-15-25/h4-12,14-19,23-24,29H,3,13,20-22,32H2,1-2H3/t24-,29-/m1/s1. The van der Waals surface area contributed by atoms with Gasteiger partial charge >= 0.3 is 0 Å². The molecule has 0 aliphatic heterocycles. The van der Waals surface area contributed by atoms with Crippen LogP contribution in [0.2, 0.25) is 0 Å². The first-order valence-electron chi connectivity index (χ1n) is 12.8. The van der Waals surface area contributed by atoms with Gasteiger partial charge in [-0.05, 0) is 36.6 Å². The van der Waals surface area contributed by atoms with E-state index in [1.54, 1.807) is 0 Å². The Bertz CT molecular complexity index is 1220. The third-order valence-electron chi connectivity index (χ3n) is 6.74. The van der Waals surface area contributed by atoms with E-state index in [1.807, 2.05) is 59.5 Å². The van der Waals surface area contributed by atoms with Gasteiger partial charge in [0.05, 0.1) is 11.7 Å². The summed E-state index contributed by atoms with van der Waals surface area (Å²) < 4.78 is 2.22. The molecule has 2 atom stereocenters. The van der Waals surface area contributed by atoms with Crippen LogP contribution in [0.4, 0.5) is 0 Å². The molecular formula is C31H36N4O. The van der Waals surface area contributed by atoms with Gasteiger partial charge in [-0.3, -0.25) is 4.79 Å². The Morgan fingerprint density at radius 1 is 0.944 bits per heavy atom. The van der Waals surface area contributed by atoms with Crippen molar-refractivity contribution in [1.82, 2.24) is 14.5 Å². The second-order valence-electron chi connectivity index (χ2n) is 9.30. The van der Waals surface area contributed by atoms with Crippen molar-refractivity contribution in [3.63, 3.8) is 0 Å². The molecule has 5 nitrogen and oxygen atoms in total. The maximum Gasteiger partial charge on any atom is 0.254 e. The smallest absolute Gasteiger partial charge is 0.254 e. The average Bonchev–Trinajstić information content (AvgIpc) is 3.34. The van der Waals surface area contributed by atoms with Gasteiger partial charge in [-0.2, -0.15) is 0 Å². The number of amides is 1. The predicted molar refractivity (Wildman–Crippen MR) is 147 cm³/mol. The molecule has 0 aliphatic rings. The second kappa shape index (κ2) is 12.3. The zero-order valence-corrected chi connectivity index (χ0v) is 21.3. The van der Waals surface area contributed by atoms with Crippen molar-refractivity contribution in [2.75, 3.05) is 13.1 Å². The maximum absolute atomic E-state index is 13.9. The summed E-state index contributed by atoms with van der Waals surface area (Å²) in [5.74, 6) is 1.13. The number of hydrogen-bond donors (Lipinski definition) is 1. The zero-order valence-electron chi connectivity index (χ0n) is 21.3. The van der Waals surface area contributed by atoms with Gasteiger partial charge < -0.3 is 15.2 Å². The van der Waals surface area contributed by atoms with Crippen LogP contribution in [0.3, 0.4) is 0 Å². The molecule has 0 fully saturated rings. The number of rotatable bonds is 11. The van der Waals surface area contributed by atoms with Gasteiger partial charge in [0, 0.05) is 30.4 Å². The van der Waals surface area contributed by atoms with Crippen LogP contribution in [-0.4, -0.2) is 33.4 Å². The van der Waals surface area contributed by atoms with E-state index in [-0.39, 0.29) is 17.9 Å². The molecule has 5 heteroatoms. The largest absolute Gasteiger partial charge is 0.330 e. The fraction of sp³-hybridized carbons (Fsp3) is 0.290. The molecule has 0 radical (unpaired) electrons. The Hall–Kier alpha value is -3.70. The summed E-state index contributed by atoms with van der Waals surface area (Å²) in [6, 6.07) is 30.0. The minimum atomic E-state index is -0.185. The fourth-order valence-electron chi connectivity index (χ4n) is 4.62. The summed E-state index contributed by atoms with van der Waals surface area (Å²) in [6.45, 7) is 6.18. The van der Waals surface area contributed by atoms with E-state index >= 15 is 0 Å². The lowest BCUT2D eigenvalue weighted by Gasteiger charge is -2.35. The Balaban J connectivity index is 1.84. The number of benzene rings is 3. The molecule has 1 heterocycles. The number of nitrogens with zero attached hydrogens (tertiary/aromatic N) is 3. The Kier molecular flexibility index (Phi) is 8.69. The lowest BCUT2D eigenvalue weighted by atomic mass is 9.95. The van der Waals surface area contributed by atoms with Gasteiger partial charge in [0.25, 0.3) is 5.91 Å². The summed E-state index contributed by atoms with van der Waals surface area (Å²) in [5.41, 5.74) is 9.78. The highest BCUT2D eigenvalue weighted by Gasteiger charge is 2.33. The third-order valence-corrected chi connectivity index (χ3v) is 6.74. The number of imidazole rings is 1. The normalized spacial score (nSPS) is 12.8. The minimum Gasteiger partial charge on any atom is -0.330 e. The molecule has 2 N–H and O–H groups in total. The van der Waals surface area contributed by atoms with Crippen molar-refractivity contribution in [1.29, 1.82) is 0 Å². The topological polar surface area (TPSA) is 64.2 Å². The molecule has 1 aromatic heterocycles. The number of nitrogens with two attached hydrogens (primary N) is 1. The third kappa shape index (κ3) is 5.92. The number of hydrogen-bond acceptors (Lipinski definition) is 3. The molecule has 0 bridgehead atoms. The Morgan fingerprint density at radius 3 is 2.17 bits per heavy atom. The lowest BCUT2D eigenvalue weighted by molar-refractivity contribution is 0.0590. The first kappa shape index (κ1) is 25.4. The number of aromatic nitrogens is 2. The van der Waals surface area contributed by atoms with Crippen LogP contribution in [0.25, 0.3) is 11.3 Å². The first-order valence-corrected chi connectivity index (χ1v) is 12.8.